The minimum atomic E-state index is -1.09. The average Bonchev–Trinajstić information content (AvgIpc) is 3.51. The number of ketones is 3. The van der Waals surface area contributed by atoms with Gasteiger partial charge in [0.1, 0.15) is 74.1 Å². The summed E-state index contributed by atoms with van der Waals surface area (Å²) >= 11 is 0. The fourth-order valence-corrected chi connectivity index (χ4v) is 8.07. The van der Waals surface area contributed by atoms with Crippen molar-refractivity contribution < 1.29 is 72.5 Å². The Morgan fingerprint density at radius 3 is 0.938 bits per heavy atom. The third-order valence-corrected chi connectivity index (χ3v) is 13.1. The number of benzene rings is 6. The van der Waals surface area contributed by atoms with Crippen LogP contribution >= 0.6 is 0 Å². The summed E-state index contributed by atoms with van der Waals surface area (Å²) in [4.78, 5) is 77.9. The van der Waals surface area contributed by atoms with Crippen molar-refractivity contribution in [1.82, 2.24) is 16.0 Å². The molecule has 3 atom stereocenters. The van der Waals surface area contributed by atoms with Crippen LogP contribution in [0, 0.1) is 5.41 Å². The molecule has 6 N–H and O–H groups in total. The highest BCUT2D eigenvalue weighted by Crippen LogP contribution is 2.30. The predicted octanol–water partition coefficient (Wildman–Crippen LogP) is 8.16. The lowest BCUT2D eigenvalue weighted by molar-refractivity contribution is -0.162. The smallest absolute Gasteiger partial charge is 0.307 e. The Labute approximate surface area is 471 Å². The van der Waals surface area contributed by atoms with Gasteiger partial charge in [-0.3, -0.25) is 28.8 Å². The molecule has 0 fully saturated rings. The predicted molar refractivity (Wildman–Crippen MR) is 302 cm³/mol. The lowest BCUT2D eigenvalue weighted by Crippen LogP contribution is -2.40. The molecule has 0 aliphatic rings. The third kappa shape index (κ3) is 19.6. The van der Waals surface area contributed by atoms with Gasteiger partial charge in [-0.2, -0.15) is 0 Å². The summed E-state index contributed by atoms with van der Waals surface area (Å²) in [5.74, 6) is -2.15. The molecule has 0 spiro atoms. The largest absolute Gasteiger partial charge is 0.507 e. The second-order valence-corrected chi connectivity index (χ2v) is 19.7. The summed E-state index contributed by atoms with van der Waals surface area (Å²) in [6, 6.07) is 38.6. The van der Waals surface area contributed by atoms with Crippen molar-refractivity contribution in [2.24, 2.45) is 5.41 Å². The van der Waals surface area contributed by atoms with Crippen molar-refractivity contribution in [1.29, 1.82) is 0 Å². The number of hydrogen-bond acceptors (Lipinski definition) is 18. The molecule has 0 bridgehead atoms. The van der Waals surface area contributed by atoms with Crippen LogP contribution in [0.4, 0.5) is 0 Å². The Morgan fingerprint density at radius 2 is 0.691 bits per heavy atom. The number of hydrogen-bond donors (Lipinski definition) is 6. The topological polar surface area (TPSA) is 255 Å². The maximum absolute atomic E-state index is 13.1. The Kier molecular flexibility index (Phi) is 23.8. The zero-order valence-corrected chi connectivity index (χ0v) is 46.0. The van der Waals surface area contributed by atoms with Crippen LogP contribution in [0.5, 0.6) is 34.5 Å². The van der Waals surface area contributed by atoms with Crippen LogP contribution in [0.25, 0.3) is 0 Å². The van der Waals surface area contributed by atoms with Crippen LogP contribution in [0.2, 0.25) is 0 Å². The first-order valence-corrected chi connectivity index (χ1v) is 26.9. The van der Waals surface area contributed by atoms with Gasteiger partial charge in [-0.1, -0.05) is 97.9 Å². The molecule has 81 heavy (non-hydrogen) atoms. The first-order valence-electron chi connectivity index (χ1n) is 26.9. The van der Waals surface area contributed by atoms with Crippen molar-refractivity contribution in [2.45, 2.75) is 71.5 Å². The number of esters is 3. The average molecular weight is 1110 g/mol. The molecule has 0 aromatic heterocycles. The van der Waals surface area contributed by atoms with Crippen LogP contribution < -0.4 is 30.2 Å². The van der Waals surface area contributed by atoms with E-state index in [1.807, 2.05) is 27.7 Å². The number of aromatic hydroxyl groups is 3. The van der Waals surface area contributed by atoms with Crippen LogP contribution in [0.15, 0.2) is 146 Å². The highest BCUT2D eigenvalue weighted by Gasteiger charge is 2.34. The molecule has 0 saturated carbocycles. The number of carbonyl (C=O) groups excluding carboxylic acids is 6. The Bertz CT molecular complexity index is 2710. The van der Waals surface area contributed by atoms with Gasteiger partial charge in [0.2, 0.25) is 0 Å². The number of rotatable bonds is 34. The van der Waals surface area contributed by atoms with Crippen molar-refractivity contribution >= 4 is 35.3 Å². The van der Waals surface area contributed by atoms with Gasteiger partial charge in [0.05, 0.1) is 41.4 Å². The second kappa shape index (κ2) is 31.3. The van der Waals surface area contributed by atoms with Crippen LogP contribution in [-0.4, -0.2) is 128 Å². The highest BCUT2D eigenvalue weighted by atomic mass is 16.6. The van der Waals surface area contributed by atoms with Gasteiger partial charge in [0.25, 0.3) is 0 Å². The molecule has 18 nitrogen and oxygen atoms in total. The molecular weight excluding hydrogens is 1040 g/mol. The van der Waals surface area contributed by atoms with E-state index in [4.69, 9.17) is 28.4 Å². The summed E-state index contributed by atoms with van der Waals surface area (Å²) in [5.41, 5.74) is 0.692. The van der Waals surface area contributed by atoms with Gasteiger partial charge >= 0.3 is 17.9 Å². The van der Waals surface area contributed by atoms with Gasteiger partial charge in [0.15, 0.2) is 17.3 Å². The maximum Gasteiger partial charge on any atom is 0.307 e. The van der Waals surface area contributed by atoms with Crippen molar-refractivity contribution in [2.75, 3.05) is 59.3 Å². The minimum Gasteiger partial charge on any atom is -0.507 e. The fraction of sp³-hybridized carbons (Fsp3) is 0.333. The minimum absolute atomic E-state index is 0.0251. The zero-order valence-electron chi connectivity index (χ0n) is 46.0. The molecule has 0 aliphatic heterocycles. The number of phenolic OH excluding ortho intramolecular Hbond substituents is 3. The van der Waals surface area contributed by atoms with Crippen molar-refractivity contribution in [3.8, 4) is 34.5 Å². The van der Waals surface area contributed by atoms with Gasteiger partial charge in [0, 0.05) is 72.6 Å². The molecule has 18 heteroatoms. The Hall–Kier alpha value is -8.58. The molecular formula is C63H71N3O15. The van der Waals surface area contributed by atoms with E-state index in [9.17, 15) is 44.1 Å². The van der Waals surface area contributed by atoms with Crippen LogP contribution in [0.1, 0.15) is 101 Å². The molecule has 6 aromatic carbocycles. The number of carbonyl (C=O) groups is 6. The lowest BCUT2D eigenvalue weighted by Gasteiger charge is -2.31. The summed E-state index contributed by atoms with van der Waals surface area (Å²) in [6.07, 6.45) is 0.228. The van der Waals surface area contributed by atoms with E-state index < -0.39 is 23.3 Å². The SMILES string of the molecule is CCC(COC(=O)CCNC(C)COc1ccc(C(=O)c2ccccc2)c(O)c1)(COC(=O)CCNC(C)COc1ccc(C(=O)c2ccccc2)c(O)c1)COC(=O)CCNC(C)COc1ccc(C(=O)c2ccccc2)c(O)c1. The molecule has 428 valence electrons. The number of phenols is 3. The standard InChI is InChI=1S/C63H71N3O15/c1-5-63(39-79-57(70)27-30-64-42(2)36-76-48-21-24-51(54(67)33-48)60(73)45-15-9-6-10-16-45,40-80-58(71)28-31-65-43(3)37-77-49-22-25-52(55(68)34-49)61(74)46-17-11-7-12-18-46)41-81-59(72)29-32-66-44(4)38-78-50-23-26-53(56(69)35-50)62(75)47-19-13-8-14-20-47/h6-26,33-35,42-44,64-69H,5,27-32,36-41H2,1-4H3. The van der Waals surface area contributed by atoms with Gasteiger partial charge < -0.3 is 59.7 Å². The monoisotopic (exact) mass is 1110 g/mol. The Balaban J connectivity index is 0.950. The van der Waals surface area contributed by atoms with E-state index in [2.05, 4.69) is 16.0 Å². The Morgan fingerprint density at radius 1 is 0.420 bits per heavy atom. The number of ether oxygens (including phenoxy) is 6. The van der Waals surface area contributed by atoms with Gasteiger partial charge in [-0.15, -0.1) is 0 Å². The summed E-state index contributed by atoms with van der Waals surface area (Å²) in [7, 11) is 0. The van der Waals surface area contributed by atoms with Gasteiger partial charge in [-0.05, 0) is 63.6 Å². The molecule has 6 rings (SSSR count). The number of nitrogens with one attached hydrogen (secondary N) is 3. The normalized spacial score (nSPS) is 12.9. The van der Waals surface area contributed by atoms with E-state index >= 15 is 0 Å². The van der Waals surface area contributed by atoms with Crippen LogP contribution in [0.3, 0.4) is 0 Å². The molecule has 3 unspecified atom stereocenters. The van der Waals surface area contributed by atoms with E-state index in [1.165, 1.54) is 36.4 Å². The van der Waals surface area contributed by atoms with E-state index in [1.54, 1.807) is 109 Å². The second-order valence-electron chi connectivity index (χ2n) is 19.7. The molecule has 0 amide bonds. The highest BCUT2D eigenvalue weighted by molar-refractivity contribution is 6.12. The molecule has 0 heterocycles. The quantitative estimate of drug-likeness (QED) is 0.0127. The van der Waals surface area contributed by atoms with E-state index in [-0.39, 0.29) is 148 Å². The first kappa shape index (κ1) is 61.6. The van der Waals surface area contributed by atoms with Crippen molar-refractivity contribution in [3.05, 3.63) is 179 Å². The molecule has 0 aliphatic carbocycles. The van der Waals surface area contributed by atoms with Crippen LogP contribution in [-0.2, 0) is 28.6 Å². The summed E-state index contributed by atoms with van der Waals surface area (Å²) in [6.45, 7) is 7.92. The van der Waals surface area contributed by atoms with E-state index in [0.29, 0.717) is 40.4 Å². The lowest BCUT2D eigenvalue weighted by atomic mass is 9.88. The first-order chi connectivity index (χ1) is 39.0. The van der Waals surface area contributed by atoms with E-state index in [0.717, 1.165) is 0 Å². The maximum atomic E-state index is 13.1. The molecule has 6 aromatic rings. The summed E-state index contributed by atoms with van der Waals surface area (Å²) in [5, 5.41) is 41.3. The van der Waals surface area contributed by atoms with Crippen molar-refractivity contribution in [3.63, 3.8) is 0 Å². The molecule has 0 saturated heterocycles. The zero-order chi connectivity index (χ0) is 58.2. The summed E-state index contributed by atoms with van der Waals surface area (Å²) < 4.78 is 34.7. The molecule has 0 radical (unpaired) electrons. The third-order valence-electron chi connectivity index (χ3n) is 13.1. The fourth-order valence-electron chi connectivity index (χ4n) is 8.07. The van der Waals surface area contributed by atoms with Gasteiger partial charge in [-0.25, -0.2) is 0 Å².